The summed E-state index contributed by atoms with van der Waals surface area (Å²) < 4.78 is 68.1. The van der Waals surface area contributed by atoms with Gasteiger partial charge in [-0.3, -0.25) is 29.2 Å². The van der Waals surface area contributed by atoms with Crippen LogP contribution in [0.15, 0.2) is 0 Å². The van der Waals surface area contributed by atoms with Crippen molar-refractivity contribution in [1.29, 1.82) is 0 Å². The van der Waals surface area contributed by atoms with E-state index in [1.807, 2.05) is 0 Å². The van der Waals surface area contributed by atoms with E-state index < -0.39 is 79.1 Å². The molecule has 0 saturated carbocycles. The van der Waals surface area contributed by atoms with Crippen LogP contribution in [0.4, 0.5) is 0 Å². The van der Waals surface area contributed by atoms with E-state index in [-0.39, 0.29) is 106 Å². The minimum atomic E-state index is -4.91. The second kappa shape index (κ2) is 26.5. The Morgan fingerprint density at radius 3 is 1.32 bits per heavy atom. The normalized spacial score (nSPS) is 16.6. The van der Waals surface area contributed by atoms with E-state index in [1.54, 1.807) is 0 Å². The molecule has 0 aromatic rings. The summed E-state index contributed by atoms with van der Waals surface area (Å²) in [7, 11) is -9.75. The van der Waals surface area contributed by atoms with Crippen molar-refractivity contribution in [2.45, 2.75) is 74.3 Å². The van der Waals surface area contributed by atoms with Gasteiger partial charge in [-0.2, -0.15) is 5.06 Å². The molecule has 0 aromatic heterocycles. The molecule has 0 radical (unpaired) electrons. The van der Waals surface area contributed by atoms with Crippen LogP contribution in [0.3, 0.4) is 0 Å². The van der Waals surface area contributed by atoms with E-state index >= 15 is 0 Å². The first-order chi connectivity index (χ1) is 15.2. The van der Waals surface area contributed by atoms with Gasteiger partial charge in [0.15, 0.2) is 0 Å². The van der Waals surface area contributed by atoms with Crippen molar-refractivity contribution in [3.8, 4) is 12.8 Å². The SMILES string of the molecule is C.C.C.C.C.CC(=O)O.CC(=O)ON1C(=O)CC(S(=O)(=O)[O-])C1=O.O=C1CC(S(=O)(=O)[O-])C(=O)N1O.[2H]C#C.[Na+].[Na+]. The van der Waals surface area contributed by atoms with Crippen LogP contribution in [0.25, 0.3) is 0 Å². The van der Waals surface area contributed by atoms with E-state index in [9.17, 15) is 49.9 Å². The number of amides is 4. The third-order valence-corrected chi connectivity index (χ3v) is 5.19. The van der Waals surface area contributed by atoms with E-state index in [0.29, 0.717) is 0 Å². The number of hydroxylamine groups is 4. The Morgan fingerprint density at radius 1 is 0.875 bits per heavy atom. The van der Waals surface area contributed by atoms with Crippen LogP contribution in [0, 0.1) is 12.8 Å². The smallest absolute Gasteiger partial charge is 0.747 e. The van der Waals surface area contributed by atoms with Gasteiger partial charge in [0.2, 0.25) is 0 Å². The van der Waals surface area contributed by atoms with E-state index in [2.05, 4.69) is 11.3 Å². The Morgan fingerprint density at radius 2 is 1.15 bits per heavy atom. The van der Waals surface area contributed by atoms with Crippen molar-refractivity contribution in [1.82, 2.24) is 10.1 Å². The van der Waals surface area contributed by atoms with Crippen LogP contribution in [0.2, 0.25) is 0 Å². The van der Waals surface area contributed by atoms with Crippen LogP contribution in [-0.4, -0.2) is 92.4 Å². The molecule has 21 heteroatoms. The molecule has 0 spiro atoms. The average molecular weight is 644 g/mol. The Labute approximate surface area is 281 Å². The molecule has 4 amide bonds. The molecular formula is C19H36N2Na2O15S2. The summed E-state index contributed by atoms with van der Waals surface area (Å²) in [5.74, 6) is -6.61. The summed E-state index contributed by atoms with van der Waals surface area (Å²) >= 11 is 0. The van der Waals surface area contributed by atoms with Gasteiger partial charge in [-0.1, -0.05) is 37.1 Å². The summed E-state index contributed by atoms with van der Waals surface area (Å²) in [4.78, 5) is 66.9. The molecule has 2 N–H and O–H groups in total. The van der Waals surface area contributed by atoms with Crippen molar-refractivity contribution < 1.29 is 130 Å². The standard InChI is InChI=1S/C6H7NO7S.C4H5NO6S.C2H4O2.C2H2.5CH4.2Na/c1-3(8)14-7-5(9)2-4(6(7)10)15(11,12)13;6-3-1-2(12(9,10)11)4(7)5(3)8;1-2(3)4;1-2;;;;;;;/h4H,2H2,1H3,(H,11,12,13);2,8H,1H2,(H,9,10,11);1H3,(H,3,4);1-2H;5*1H4;;/q;;;;;;;;;2*+1/p-2/i;;;1D;;;;;;;. The quantitative estimate of drug-likeness (QED) is 0.0951. The van der Waals surface area contributed by atoms with Crippen molar-refractivity contribution in [2.75, 3.05) is 0 Å². The molecule has 2 rings (SSSR count). The molecule has 0 aromatic carbocycles. The van der Waals surface area contributed by atoms with Gasteiger partial charge in [0.05, 0.1) is 12.8 Å². The Kier molecular flexibility index (Phi) is 38.5. The number of rotatable bonds is 3. The minimum absolute atomic E-state index is 0. The molecule has 2 unspecified atom stereocenters. The maximum atomic E-state index is 11.1. The average Bonchev–Trinajstić information content (AvgIpc) is 3.06. The van der Waals surface area contributed by atoms with Gasteiger partial charge in [-0.15, -0.1) is 17.9 Å². The van der Waals surface area contributed by atoms with Crippen molar-refractivity contribution in [2.24, 2.45) is 0 Å². The molecule has 2 heterocycles. The fourth-order valence-corrected chi connectivity index (χ4v) is 3.23. The zero-order valence-electron chi connectivity index (χ0n) is 19.6. The molecule has 2 saturated heterocycles. The largest absolute Gasteiger partial charge is 1.00 e. The second-order valence-electron chi connectivity index (χ2n) is 5.54. The predicted molar refractivity (Wildman–Crippen MR) is 130 cm³/mol. The monoisotopic (exact) mass is 643 g/mol. The van der Waals surface area contributed by atoms with Gasteiger partial charge in [-0.05, 0) is 0 Å². The summed E-state index contributed by atoms with van der Waals surface area (Å²) in [6, 6.07) is 0. The predicted octanol–water partition coefficient (Wildman–Crippen LogP) is -6.29. The van der Waals surface area contributed by atoms with Crippen LogP contribution in [0.1, 0.15) is 65.2 Å². The molecule has 2 aliphatic rings. The Hall–Kier alpha value is -1.44. The van der Waals surface area contributed by atoms with Crippen LogP contribution < -0.4 is 59.1 Å². The van der Waals surface area contributed by atoms with Gasteiger partial charge in [-0.25, -0.2) is 21.6 Å². The second-order valence-corrected chi connectivity index (χ2v) is 8.65. The maximum absolute atomic E-state index is 11.1. The number of carboxylic acids is 1. The number of carbonyl (C=O) groups is 6. The van der Waals surface area contributed by atoms with Gasteiger partial charge in [0.25, 0.3) is 29.6 Å². The van der Waals surface area contributed by atoms with Gasteiger partial charge in [0.1, 0.15) is 32.1 Å². The molecule has 2 atom stereocenters. The van der Waals surface area contributed by atoms with Crippen LogP contribution in [-0.2, 0) is 53.8 Å². The van der Waals surface area contributed by atoms with Crippen LogP contribution >= 0.6 is 0 Å². The molecular weight excluding hydrogens is 606 g/mol. The first kappa shape index (κ1) is 58.2. The number of carboxylic acid groups (broad SMARTS) is 1. The number of imide groups is 2. The molecule has 226 valence electrons. The van der Waals surface area contributed by atoms with Crippen LogP contribution in [0.5, 0.6) is 0 Å². The molecule has 2 aliphatic heterocycles. The first-order valence-electron chi connectivity index (χ1n) is 8.29. The molecule has 0 aliphatic carbocycles. The summed E-state index contributed by atoms with van der Waals surface area (Å²) in [5.41, 5.74) is 0. The van der Waals surface area contributed by atoms with Crippen molar-refractivity contribution in [3.63, 3.8) is 0 Å². The van der Waals surface area contributed by atoms with Gasteiger partial charge < -0.3 is 19.0 Å². The van der Waals surface area contributed by atoms with Gasteiger partial charge in [0, 0.05) is 13.8 Å². The number of hydrogen-bond donors (Lipinski definition) is 2. The maximum Gasteiger partial charge on any atom is 1.00 e. The molecule has 0 bridgehead atoms. The Balaban J connectivity index is -0.0000000514. The van der Waals surface area contributed by atoms with E-state index in [1.165, 1.54) is 6.40 Å². The summed E-state index contributed by atoms with van der Waals surface area (Å²) in [6.45, 7) is 2.01. The molecule has 2 fully saturated rings. The number of aliphatic carboxylic acids is 1. The molecule has 40 heavy (non-hydrogen) atoms. The van der Waals surface area contributed by atoms with Crippen molar-refractivity contribution >= 4 is 55.8 Å². The minimum Gasteiger partial charge on any atom is -0.747 e. The number of nitrogens with zero attached hydrogens (tertiary/aromatic N) is 2. The fourth-order valence-electron chi connectivity index (χ4n) is 1.85. The fraction of sp³-hybridized carbons (Fsp3) is 0.579. The van der Waals surface area contributed by atoms with Crippen molar-refractivity contribution in [3.05, 3.63) is 0 Å². The zero-order valence-corrected chi connectivity index (χ0v) is 24.2. The zero-order chi connectivity index (χ0) is 27.6. The Bertz CT molecular complexity index is 1110. The summed E-state index contributed by atoms with van der Waals surface area (Å²) in [5, 5.41) is 11.6. The third kappa shape index (κ3) is 21.3. The number of hydrogen-bond acceptors (Lipinski definition) is 14. The first-order valence-corrected chi connectivity index (χ1v) is 10.7. The summed E-state index contributed by atoms with van der Waals surface area (Å²) in [6.07, 6.45) is 4.19. The molecule has 17 nitrogen and oxygen atoms in total. The topological polar surface area (TPSA) is 273 Å². The van der Waals surface area contributed by atoms with E-state index in [0.717, 1.165) is 13.8 Å². The number of carbonyl (C=O) groups excluding carboxylic acids is 5. The van der Waals surface area contributed by atoms with E-state index in [4.69, 9.17) is 16.5 Å². The van der Waals surface area contributed by atoms with Gasteiger partial charge >= 0.3 is 65.1 Å². The third-order valence-electron chi connectivity index (χ3n) is 3.06. The number of terminal acetylenes is 1.